The van der Waals surface area contributed by atoms with Crippen molar-refractivity contribution >= 4 is 14.3 Å². The van der Waals surface area contributed by atoms with E-state index in [1.807, 2.05) is 13.7 Å². The molecule has 0 radical (unpaired) electrons. The lowest BCUT2D eigenvalue weighted by atomic mass is 10.2. The zero-order chi connectivity index (χ0) is 26.4. The van der Waals surface area contributed by atoms with E-state index in [-0.39, 0.29) is 5.91 Å². The lowest BCUT2D eigenvalue weighted by Gasteiger charge is -2.13. The number of likely N-dealkylation sites (N-methyl/N-ethyl adjacent to an activating group) is 1. The number of amides is 1. The third-order valence-corrected chi connectivity index (χ3v) is 6.22. The lowest BCUT2D eigenvalue weighted by Crippen LogP contribution is -2.27. The summed E-state index contributed by atoms with van der Waals surface area (Å²) in [6.07, 6.45) is 29.0. The second-order valence-corrected chi connectivity index (χ2v) is 9.90. The minimum Gasteiger partial charge on any atom is -0.380 e. The number of hydrogen-bond donors (Lipinski definition) is 2. The Morgan fingerprint density at radius 2 is 1.33 bits per heavy atom. The first-order chi connectivity index (χ1) is 17.7. The van der Waals surface area contributed by atoms with Gasteiger partial charge in [-0.05, 0) is 58.4 Å². The predicted molar refractivity (Wildman–Crippen MR) is 156 cm³/mol. The number of ether oxygens (including phenoxy) is 1. The number of rotatable bonds is 26. The maximum atomic E-state index is 11.9. The summed E-state index contributed by atoms with van der Waals surface area (Å²) in [5.74, 6) is 0.0909. The SMILES string of the molecule is CCCCC/C=C\C/C=C\C/C=C\C/C=C\CCCC(=O)NCCOCCCOP(C)OCCNC. The molecule has 208 valence electrons. The van der Waals surface area contributed by atoms with Crippen LogP contribution in [-0.4, -0.2) is 59.1 Å². The number of hydrogen-bond acceptors (Lipinski definition) is 5. The van der Waals surface area contributed by atoms with E-state index in [0.717, 1.165) is 45.1 Å². The molecular weight excluding hydrogens is 471 g/mol. The molecule has 0 heterocycles. The Balaban J connectivity index is 3.44. The Bertz CT molecular complexity index is 594. The molecule has 0 saturated heterocycles. The Hall–Kier alpha value is -1.30. The predicted octanol–water partition coefficient (Wildman–Crippen LogP) is 6.85. The fourth-order valence-corrected chi connectivity index (χ4v) is 3.87. The number of nitrogens with one attached hydrogen (secondary N) is 2. The van der Waals surface area contributed by atoms with E-state index in [1.54, 1.807) is 0 Å². The van der Waals surface area contributed by atoms with E-state index in [0.29, 0.717) is 39.4 Å². The molecule has 0 aromatic rings. The summed E-state index contributed by atoms with van der Waals surface area (Å²) >= 11 is 0. The van der Waals surface area contributed by atoms with Crippen molar-refractivity contribution in [1.82, 2.24) is 10.6 Å². The van der Waals surface area contributed by atoms with Crippen LogP contribution in [0.2, 0.25) is 0 Å². The van der Waals surface area contributed by atoms with Crippen molar-refractivity contribution < 1.29 is 18.6 Å². The summed E-state index contributed by atoms with van der Waals surface area (Å²) in [6.45, 7) is 8.04. The molecule has 1 atom stereocenters. The van der Waals surface area contributed by atoms with E-state index in [1.165, 1.54) is 25.7 Å². The minimum absolute atomic E-state index is 0.0909. The third kappa shape index (κ3) is 28.9. The summed E-state index contributed by atoms with van der Waals surface area (Å²) in [5.41, 5.74) is 0. The van der Waals surface area contributed by atoms with E-state index in [9.17, 15) is 4.79 Å². The van der Waals surface area contributed by atoms with Crippen LogP contribution in [0.1, 0.15) is 77.6 Å². The molecule has 0 saturated carbocycles. The van der Waals surface area contributed by atoms with Gasteiger partial charge in [0.1, 0.15) is 0 Å². The van der Waals surface area contributed by atoms with Crippen molar-refractivity contribution in [1.29, 1.82) is 0 Å². The van der Waals surface area contributed by atoms with Gasteiger partial charge in [0, 0.05) is 32.8 Å². The standard InChI is InChI=1S/C29H53N2O4P/c1-4-5-6-7-8-9-10-11-12-13-14-15-16-17-18-19-20-22-29(32)31-24-27-33-25-21-26-34-36(3)35-28-23-30-2/h8-9,11-12,14-15,17-18,30H,4-7,10,13,16,19-28H2,1-3H3,(H,31,32)/b9-8-,12-11-,15-14-,18-17-. The van der Waals surface area contributed by atoms with Crippen LogP contribution in [0, 0.1) is 0 Å². The smallest absolute Gasteiger partial charge is 0.220 e. The molecule has 7 heteroatoms. The normalized spacial score (nSPS) is 13.1. The van der Waals surface area contributed by atoms with Gasteiger partial charge in [-0.15, -0.1) is 0 Å². The Morgan fingerprint density at radius 3 is 1.97 bits per heavy atom. The summed E-state index contributed by atoms with van der Waals surface area (Å²) in [6, 6.07) is 0. The molecular formula is C29H53N2O4P. The first-order valence-electron chi connectivity index (χ1n) is 13.8. The molecule has 0 aromatic heterocycles. The van der Waals surface area contributed by atoms with Gasteiger partial charge in [0.25, 0.3) is 0 Å². The maximum Gasteiger partial charge on any atom is 0.220 e. The van der Waals surface area contributed by atoms with Crippen LogP contribution in [0.5, 0.6) is 0 Å². The topological polar surface area (TPSA) is 68.8 Å². The molecule has 6 nitrogen and oxygen atoms in total. The van der Waals surface area contributed by atoms with Gasteiger partial charge >= 0.3 is 0 Å². The van der Waals surface area contributed by atoms with Crippen LogP contribution in [0.3, 0.4) is 0 Å². The van der Waals surface area contributed by atoms with E-state index in [2.05, 4.69) is 66.2 Å². The quantitative estimate of drug-likeness (QED) is 0.0736. The Kier molecular flexibility index (Phi) is 28.8. The zero-order valence-electron chi connectivity index (χ0n) is 23.2. The average molecular weight is 525 g/mol. The van der Waals surface area contributed by atoms with Crippen LogP contribution in [0.15, 0.2) is 48.6 Å². The zero-order valence-corrected chi connectivity index (χ0v) is 24.1. The van der Waals surface area contributed by atoms with E-state index in [4.69, 9.17) is 13.8 Å². The van der Waals surface area contributed by atoms with E-state index < -0.39 is 8.38 Å². The molecule has 0 bridgehead atoms. The van der Waals surface area contributed by atoms with Gasteiger partial charge in [0.15, 0.2) is 8.38 Å². The van der Waals surface area contributed by atoms with Crippen molar-refractivity contribution in [2.75, 3.05) is 53.2 Å². The van der Waals surface area contributed by atoms with Crippen molar-refractivity contribution in [3.63, 3.8) is 0 Å². The molecule has 0 aliphatic carbocycles. The largest absolute Gasteiger partial charge is 0.380 e. The molecule has 0 rings (SSSR count). The summed E-state index contributed by atoms with van der Waals surface area (Å²) in [4.78, 5) is 11.9. The van der Waals surface area contributed by atoms with Gasteiger partial charge in [-0.25, -0.2) is 0 Å². The Morgan fingerprint density at radius 1 is 0.722 bits per heavy atom. The number of allylic oxidation sites excluding steroid dienone is 8. The summed E-state index contributed by atoms with van der Waals surface area (Å²) in [7, 11) is 1.09. The molecule has 0 fully saturated rings. The molecule has 36 heavy (non-hydrogen) atoms. The van der Waals surface area contributed by atoms with Gasteiger partial charge in [-0.3, -0.25) is 4.79 Å². The van der Waals surface area contributed by atoms with Crippen LogP contribution < -0.4 is 10.6 Å². The first kappa shape index (κ1) is 34.7. The second-order valence-electron chi connectivity index (χ2n) is 8.51. The lowest BCUT2D eigenvalue weighted by molar-refractivity contribution is -0.121. The third-order valence-electron chi connectivity index (χ3n) is 5.13. The van der Waals surface area contributed by atoms with Crippen molar-refractivity contribution in [2.24, 2.45) is 0 Å². The monoisotopic (exact) mass is 524 g/mol. The molecule has 0 aliphatic rings. The van der Waals surface area contributed by atoms with Gasteiger partial charge < -0.3 is 24.4 Å². The van der Waals surface area contributed by atoms with Crippen molar-refractivity contribution in [2.45, 2.75) is 77.6 Å². The molecule has 2 N–H and O–H groups in total. The van der Waals surface area contributed by atoms with Crippen molar-refractivity contribution in [3.8, 4) is 0 Å². The van der Waals surface area contributed by atoms with Gasteiger partial charge in [0.05, 0.1) is 19.8 Å². The van der Waals surface area contributed by atoms with Crippen LogP contribution in [0.4, 0.5) is 0 Å². The van der Waals surface area contributed by atoms with Gasteiger partial charge in [-0.1, -0.05) is 68.4 Å². The number of carbonyl (C=O) groups excluding carboxylic acids is 1. The highest BCUT2D eigenvalue weighted by Crippen LogP contribution is 2.32. The van der Waals surface area contributed by atoms with Crippen LogP contribution >= 0.6 is 8.38 Å². The molecule has 0 aromatic carbocycles. The molecule has 1 unspecified atom stereocenters. The summed E-state index contributed by atoms with van der Waals surface area (Å²) < 4.78 is 16.7. The Labute approximate surface area is 222 Å². The highest BCUT2D eigenvalue weighted by atomic mass is 31.2. The van der Waals surface area contributed by atoms with E-state index >= 15 is 0 Å². The first-order valence-corrected chi connectivity index (χ1v) is 15.4. The fourth-order valence-electron chi connectivity index (χ4n) is 3.06. The number of carbonyl (C=O) groups is 1. The average Bonchev–Trinajstić information content (AvgIpc) is 2.87. The van der Waals surface area contributed by atoms with Gasteiger partial charge in [-0.2, -0.15) is 0 Å². The summed E-state index contributed by atoms with van der Waals surface area (Å²) in [5, 5.41) is 5.95. The van der Waals surface area contributed by atoms with Crippen LogP contribution in [0.25, 0.3) is 0 Å². The second kappa shape index (κ2) is 29.9. The molecule has 0 aliphatic heterocycles. The molecule has 0 spiro atoms. The number of unbranched alkanes of at least 4 members (excludes halogenated alkanes) is 4. The fraction of sp³-hybridized carbons (Fsp3) is 0.690. The van der Waals surface area contributed by atoms with Gasteiger partial charge in [0.2, 0.25) is 5.91 Å². The molecule has 1 amide bonds. The highest BCUT2D eigenvalue weighted by molar-refractivity contribution is 7.46. The maximum absolute atomic E-state index is 11.9. The highest BCUT2D eigenvalue weighted by Gasteiger charge is 2.02. The van der Waals surface area contributed by atoms with Crippen LogP contribution in [-0.2, 0) is 18.6 Å². The minimum atomic E-state index is -0.812. The van der Waals surface area contributed by atoms with Crippen molar-refractivity contribution in [3.05, 3.63) is 48.6 Å².